The van der Waals surface area contributed by atoms with Gasteiger partial charge < -0.3 is 10.6 Å². The first-order valence-electron chi connectivity index (χ1n) is 6.92. The molecule has 0 saturated heterocycles. The number of halogens is 1. The van der Waals surface area contributed by atoms with E-state index in [1.165, 1.54) is 12.1 Å². The number of aryl methyl sites for hydroxylation is 2. The van der Waals surface area contributed by atoms with Crippen molar-refractivity contribution in [1.82, 2.24) is 0 Å². The zero-order chi connectivity index (χ0) is 17.0. The van der Waals surface area contributed by atoms with Crippen molar-refractivity contribution in [3.63, 3.8) is 0 Å². The molecule has 0 aliphatic heterocycles. The van der Waals surface area contributed by atoms with Crippen molar-refractivity contribution in [3.8, 4) is 0 Å². The molecule has 7 heteroatoms. The van der Waals surface area contributed by atoms with Gasteiger partial charge in [0.25, 0.3) is 5.69 Å². The number of anilines is 2. The minimum absolute atomic E-state index is 0.0305. The Bertz CT molecular complexity index is 762. The maximum absolute atomic E-state index is 12.0. The Balaban J connectivity index is 1.98. The summed E-state index contributed by atoms with van der Waals surface area (Å²) < 4.78 is 0.952. The summed E-state index contributed by atoms with van der Waals surface area (Å²) in [5.41, 5.74) is 3.15. The van der Waals surface area contributed by atoms with E-state index in [9.17, 15) is 14.9 Å². The molecule has 2 aromatic carbocycles. The van der Waals surface area contributed by atoms with Crippen molar-refractivity contribution >= 4 is 38.9 Å². The number of nitro groups is 1. The maximum Gasteiger partial charge on any atom is 0.269 e. The lowest BCUT2D eigenvalue weighted by molar-refractivity contribution is -0.384. The van der Waals surface area contributed by atoms with E-state index in [4.69, 9.17) is 0 Å². The van der Waals surface area contributed by atoms with Gasteiger partial charge in [-0.2, -0.15) is 0 Å². The first-order valence-corrected chi connectivity index (χ1v) is 7.71. The predicted octanol–water partition coefficient (Wildman–Crippen LogP) is 4.02. The molecule has 0 aliphatic carbocycles. The Kier molecular flexibility index (Phi) is 5.33. The van der Waals surface area contributed by atoms with Gasteiger partial charge in [0.15, 0.2) is 0 Å². The second kappa shape index (κ2) is 7.23. The number of nitrogens with one attached hydrogen (secondary N) is 2. The van der Waals surface area contributed by atoms with E-state index in [0.29, 0.717) is 11.3 Å². The molecule has 2 N–H and O–H groups in total. The first kappa shape index (κ1) is 17.0. The summed E-state index contributed by atoms with van der Waals surface area (Å²) in [5.74, 6) is -0.187. The fraction of sp³-hybridized carbons (Fsp3) is 0.188. The third-order valence-electron chi connectivity index (χ3n) is 3.32. The molecule has 0 atom stereocenters. The zero-order valence-electron chi connectivity index (χ0n) is 12.7. The lowest BCUT2D eigenvalue weighted by Crippen LogP contribution is -2.22. The van der Waals surface area contributed by atoms with E-state index in [1.54, 1.807) is 13.0 Å². The summed E-state index contributed by atoms with van der Waals surface area (Å²) >= 11 is 3.37. The Labute approximate surface area is 142 Å². The molecule has 2 rings (SSSR count). The summed E-state index contributed by atoms with van der Waals surface area (Å²) in [7, 11) is 0. The molecule has 23 heavy (non-hydrogen) atoms. The van der Waals surface area contributed by atoms with Gasteiger partial charge in [-0.15, -0.1) is 0 Å². The quantitative estimate of drug-likeness (QED) is 0.608. The van der Waals surface area contributed by atoms with Crippen molar-refractivity contribution in [2.75, 3.05) is 17.2 Å². The van der Waals surface area contributed by atoms with Crippen LogP contribution in [0.3, 0.4) is 0 Å². The van der Waals surface area contributed by atoms with Crippen LogP contribution in [0, 0.1) is 24.0 Å². The second-order valence-electron chi connectivity index (χ2n) is 5.12. The van der Waals surface area contributed by atoms with Crippen molar-refractivity contribution in [2.24, 2.45) is 0 Å². The molecule has 0 aromatic heterocycles. The number of hydrogen-bond donors (Lipinski definition) is 2. The van der Waals surface area contributed by atoms with Crippen LogP contribution in [0.25, 0.3) is 0 Å². The molecular weight excluding hydrogens is 362 g/mol. The van der Waals surface area contributed by atoms with E-state index in [-0.39, 0.29) is 18.1 Å². The largest absolute Gasteiger partial charge is 0.376 e. The van der Waals surface area contributed by atoms with Crippen LogP contribution in [0.15, 0.2) is 40.9 Å². The topological polar surface area (TPSA) is 84.3 Å². The molecule has 6 nitrogen and oxygen atoms in total. The lowest BCUT2D eigenvalue weighted by atomic mass is 10.2. The van der Waals surface area contributed by atoms with E-state index in [1.807, 2.05) is 25.1 Å². The van der Waals surface area contributed by atoms with Crippen LogP contribution in [-0.2, 0) is 4.79 Å². The molecule has 0 aliphatic rings. The third-order valence-corrected chi connectivity index (χ3v) is 3.82. The molecule has 0 heterocycles. The summed E-state index contributed by atoms with van der Waals surface area (Å²) in [4.78, 5) is 22.3. The molecule has 120 valence electrons. The molecule has 0 radical (unpaired) electrons. The molecule has 0 spiro atoms. The Morgan fingerprint density at radius 3 is 2.39 bits per heavy atom. The average Bonchev–Trinajstić information content (AvgIpc) is 2.48. The number of amides is 1. The number of nitro benzene ring substituents is 1. The molecular formula is C16H16BrN3O3. The minimum atomic E-state index is -0.445. The van der Waals surface area contributed by atoms with E-state index < -0.39 is 4.92 Å². The number of rotatable bonds is 5. The minimum Gasteiger partial charge on any atom is -0.376 e. The first-order chi connectivity index (χ1) is 10.9. The van der Waals surface area contributed by atoms with Crippen LogP contribution in [-0.4, -0.2) is 17.4 Å². The third kappa shape index (κ3) is 4.53. The van der Waals surface area contributed by atoms with Crippen molar-refractivity contribution in [2.45, 2.75) is 13.8 Å². The van der Waals surface area contributed by atoms with Gasteiger partial charge in [0.2, 0.25) is 5.91 Å². The van der Waals surface area contributed by atoms with Gasteiger partial charge in [-0.25, -0.2) is 0 Å². The number of nitrogens with zero attached hydrogens (tertiary/aromatic N) is 1. The normalized spacial score (nSPS) is 10.2. The number of hydrogen-bond acceptors (Lipinski definition) is 4. The van der Waals surface area contributed by atoms with Gasteiger partial charge in [-0.1, -0.05) is 15.9 Å². The van der Waals surface area contributed by atoms with Crippen LogP contribution in [0.5, 0.6) is 0 Å². The van der Waals surface area contributed by atoms with Crippen LogP contribution >= 0.6 is 15.9 Å². The molecule has 2 aromatic rings. The van der Waals surface area contributed by atoms with Gasteiger partial charge in [0.1, 0.15) is 0 Å². The average molecular weight is 378 g/mol. The Morgan fingerprint density at radius 2 is 1.78 bits per heavy atom. The number of carbonyl (C=O) groups excluding carboxylic acids is 1. The maximum atomic E-state index is 12.0. The fourth-order valence-corrected chi connectivity index (χ4v) is 2.57. The summed E-state index contributed by atoms with van der Waals surface area (Å²) in [6.07, 6.45) is 0. The summed E-state index contributed by atoms with van der Waals surface area (Å²) in [6.45, 7) is 3.74. The smallest absolute Gasteiger partial charge is 0.269 e. The Morgan fingerprint density at radius 1 is 1.13 bits per heavy atom. The van der Waals surface area contributed by atoms with Crippen LogP contribution in [0.2, 0.25) is 0 Å². The van der Waals surface area contributed by atoms with E-state index in [2.05, 4.69) is 26.6 Å². The molecule has 0 bridgehead atoms. The fourth-order valence-electron chi connectivity index (χ4n) is 2.10. The molecule has 0 saturated carbocycles. The highest BCUT2D eigenvalue weighted by Gasteiger charge is 2.09. The predicted molar refractivity (Wildman–Crippen MR) is 93.8 cm³/mol. The summed E-state index contributed by atoms with van der Waals surface area (Å²) in [5, 5.41) is 16.5. The summed E-state index contributed by atoms with van der Waals surface area (Å²) in [6, 6.07) is 10.1. The van der Waals surface area contributed by atoms with Gasteiger partial charge in [0, 0.05) is 28.0 Å². The van der Waals surface area contributed by atoms with E-state index >= 15 is 0 Å². The van der Waals surface area contributed by atoms with E-state index in [0.717, 1.165) is 15.7 Å². The number of carbonyl (C=O) groups is 1. The molecule has 0 unspecified atom stereocenters. The highest BCUT2D eigenvalue weighted by Crippen LogP contribution is 2.22. The SMILES string of the molecule is Cc1cc([N+](=O)[O-])ccc1NCC(=O)Nc1ccc(Br)cc1C. The van der Waals surface area contributed by atoms with Gasteiger partial charge >= 0.3 is 0 Å². The molecule has 1 amide bonds. The van der Waals surface area contributed by atoms with Gasteiger partial charge in [-0.05, 0) is 49.2 Å². The number of non-ortho nitro benzene ring substituents is 1. The van der Waals surface area contributed by atoms with Gasteiger partial charge in [-0.3, -0.25) is 14.9 Å². The van der Waals surface area contributed by atoms with Crippen LogP contribution in [0.4, 0.5) is 17.1 Å². The monoisotopic (exact) mass is 377 g/mol. The lowest BCUT2D eigenvalue weighted by Gasteiger charge is -2.11. The van der Waals surface area contributed by atoms with Crippen molar-refractivity contribution in [1.29, 1.82) is 0 Å². The second-order valence-corrected chi connectivity index (χ2v) is 6.03. The highest BCUT2D eigenvalue weighted by atomic mass is 79.9. The van der Waals surface area contributed by atoms with Crippen LogP contribution in [0.1, 0.15) is 11.1 Å². The number of benzene rings is 2. The molecule has 0 fully saturated rings. The van der Waals surface area contributed by atoms with Gasteiger partial charge in [0.05, 0.1) is 11.5 Å². The standard InChI is InChI=1S/C16H16BrN3O3/c1-10-7-12(17)3-5-15(10)19-16(21)9-18-14-6-4-13(20(22)23)8-11(14)2/h3-8,18H,9H2,1-2H3,(H,19,21). The van der Waals surface area contributed by atoms with Crippen LogP contribution < -0.4 is 10.6 Å². The van der Waals surface area contributed by atoms with Crippen molar-refractivity contribution in [3.05, 3.63) is 62.1 Å². The highest BCUT2D eigenvalue weighted by molar-refractivity contribution is 9.10. The zero-order valence-corrected chi connectivity index (χ0v) is 14.3. The van der Waals surface area contributed by atoms with Crippen molar-refractivity contribution < 1.29 is 9.72 Å². The Hall–Kier alpha value is -2.41.